The van der Waals surface area contributed by atoms with Gasteiger partial charge in [0.25, 0.3) is 10.0 Å². The van der Waals surface area contributed by atoms with E-state index >= 15 is 0 Å². The lowest BCUT2D eigenvalue weighted by Gasteiger charge is -2.10. The molecule has 0 atom stereocenters. The third-order valence-electron chi connectivity index (χ3n) is 4.39. The summed E-state index contributed by atoms with van der Waals surface area (Å²) >= 11 is 5.94. The maximum absolute atomic E-state index is 12.4. The number of aromatic nitrogens is 1. The number of carbonyl (C=O) groups excluding carboxylic acids is 2. The Kier molecular flexibility index (Phi) is 7.45. The van der Waals surface area contributed by atoms with Crippen molar-refractivity contribution in [3.05, 3.63) is 77.4 Å². The van der Waals surface area contributed by atoms with Gasteiger partial charge in [-0.05, 0) is 54.6 Å². The number of Topliss-reactive ketones (excluding diaryl/α,β-unsaturated/α-hetero) is 1. The number of nitrogens with one attached hydrogen (secondary N) is 2. The van der Waals surface area contributed by atoms with E-state index in [0.717, 1.165) is 0 Å². The van der Waals surface area contributed by atoms with Crippen molar-refractivity contribution in [3.63, 3.8) is 0 Å². The molecule has 0 saturated carbocycles. The lowest BCUT2D eigenvalue weighted by molar-refractivity contribution is -0.116. The quantitative estimate of drug-likeness (QED) is 0.451. The van der Waals surface area contributed by atoms with E-state index < -0.39 is 10.0 Å². The summed E-state index contributed by atoms with van der Waals surface area (Å²) in [5.41, 5.74) is 0.710. The zero-order valence-corrected chi connectivity index (χ0v) is 18.6. The lowest BCUT2D eigenvalue weighted by atomic mass is 10.1. The van der Waals surface area contributed by atoms with Crippen LogP contribution < -0.4 is 14.8 Å². The van der Waals surface area contributed by atoms with Crippen LogP contribution in [0, 0.1) is 0 Å². The maximum atomic E-state index is 12.4. The van der Waals surface area contributed by atoms with Gasteiger partial charge in [0, 0.05) is 29.7 Å². The highest BCUT2D eigenvalue weighted by Crippen LogP contribution is 2.24. The molecule has 0 aliphatic heterocycles. The Bertz CT molecular complexity index is 1220. The minimum Gasteiger partial charge on any atom is -0.496 e. The van der Waals surface area contributed by atoms with Crippen molar-refractivity contribution in [1.82, 2.24) is 4.98 Å². The van der Waals surface area contributed by atoms with Gasteiger partial charge in [-0.25, -0.2) is 13.4 Å². The Labute approximate surface area is 190 Å². The molecule has 3 rings (SSSR count). The smallest absolute Gasteiger partial charge is 0.263 e. The molecule has 0 saturated heterocycles. The molecule has 10 heteroatoms. The second kappa shape index (κ2) is 10.3. The largest absolute Gasteiger partial charge is 0.496 e. The molecule has 166 valence electrons. The van der Waals surface area contributed by atoms with Crippen molar-refractivity contribution < 1.29 is 22.7 Å². The molecular weight excluding hydrogens is 454 g/mol. The number of ketones is 1. The molecule has 1 aromatic heterocycles. The molecule has 32 heavy (non-hydrogen) atoms. The third kappa shape index (κ3) is 6.05. The van der Waals surface area contributed by atoms with Crippen LogP contribution in [0.1, 0.15) is 23.2 Å². The number of methoxy groups -OCH3 is 1. The first kappa shape index (κ1) is 23.2. The van der Waals surface area contributed by atoms with Crippen molar-refractivity contribution in [1.29, 1.82) is 0 Å². The fourth-order valence-corrected chi connectivity index (χ4v) is 4.00. The number of pyridine rings is 1. The minimum absolute atomic E-state index is 0.0179. The zero-order valence-electron chi connectivity index (χ0n) is 17.0. The second-order valence-electron chi connectivity index (χ2n) is 6.66. The summed E-state index contributed by atoms with van der Waals surface area (Å²) in [7, 11) is -2.37. The number of rotatable bonds is 9. The standard InChI is InChI=1S/C22H20ClN3O5S/c1-31-20-11-5-15(23)14-18(20)19(27)10-12-22(28)25-16-6-8-17(9-7-16)32(29,30)26-21-4-2-3-13-24-21/h2-9,11,13-14H,10,12H2,1H3,(H,24,26)(H,25,28). The first-order valence-electron chi connectivity index (χ1n) is 9.49. The van der Waals surface area contributed by atoms with E-state index in [0.29, 0.717) is 22.0 Å². The number of anilines is 2. The van der Waals surface area contributed by atoms with Gasteiger partial charge in [0.15, 0.2) is 5.78 Å². The van der Waals surface area contributed by atoms with E-state index in [9.17, 15) is 18.0 Å². The van der Waals surface area contributed by atoms with Crippen LogP contribution in [0.15, 0.2) is 71.8 Å². The lowest BCUT2D eigenvalue weighted by Crippen LogP contribution is -2.15. The third-order valence-corrected chi connectivity index (χ3v) is 6.00. The normalized spacial score (nSPS) is 10.9. The van der Waals surface area contributed by atoms with Gasteiger partial charge >= 0.3 is 0 Å². The Hall–Kier alpha value is -3.43. The topological polar surface area (TPSA) is 114 Å². The molecule has 1 amide bonds. The predicted molar refractivity (Wildman–Crippen MR) is 122 cm³/mol. The highest BCUT2D eigenvalue weighted by molar-refractivity contribution is 7.92. The Morgan fingerprint density at radius 1 is 1.03 bits per heavy atom. The van der Waals surface area contributed by atoms with Gasteiger partial charge in [-0.3, -0.25) is 14.3 Å². The molecule has 3 aromatic rings. The minimum atomic E-state index is -3.81. The summed E-state index contributed by atoms with van der Waals surface area (Å²) in [6.07, 6.45) is 1.38. The maximum Gasteiger partial charge on any atom is 0.263 e. The van der Waals surface area contributed by atoms with Crippen molar-refractivity contribution in [2.75, 3.05) is 17.1 Å². The zero-order chi connectivity index (χ0) is 23.1. The van der Waals surface area contributed by atoms with E-state index in [-0.39, 0.29) is 35.2 Å². The summed E-state index contributed by atoms with van der Waals surface area (Å²) in [4.78, 5) is 28.6. The van der Waals surface area contributed by atoms with Crippen molar-refractivity contribution in [2.45, 2.75) is 17.7 Å². The first-order valence-corrected chi connectivity index (χ1v) is 11.3. The van der Waals surface area contributed by atoms with Gasteiger partial charge in [0.1, 0.15) is 11.6 Å². The summed E-state index contributed by atoms with van der Waals surface area (Å²) < 4.78 is 32.4. The van der Waals surface area contributed by atoms with E-state index in [1.165, 1.54) is 49.7 Å². The van der Waals surface area contributed by atoms with E-state index in [1.54, 1.807) is 24.3 Å². The predicted octanol–water partition coefficient (Wildman–Crippen LogP) is 4.15. The average Bonchev–Trinajstić information content (AvgIpc) is 2.78. The number of carbonyl (C=O) groups is 2. The molecule has 0 bridgehead atoms. The van der Waals surface area contributed by atoms with Crippen LogP contribution in [0.5, 0.6) is 5.75 Å². The number of amides is 1. The fourth-order valence-electron chi connectivity index (χ4n) is 2.82. The highest BCUT2D eigenvalue weighted by Gasteiger charge is 2.16. The average molecular weight is 474 g/mol. The number of hydrogen-bond acceptors (Lipinski definition) is 6. The van der Waals surface area contributed by atoms with Crippen LogP contribution in [0.2, 0.25) is 5.02 Å². The van der Waals surface area contributed by atoms with Gasteiger partial charge < -0.3 is 10.1 Å². The summed E-state index contributed by atoms with van der Waals surface area (Å²) in [6, 6.07) is 15.2. The molecule has 0 aliphatic rings. The Balaban J connectivity index is 1.58. The molecule has 0 radical (unpaired) electrons. The number of ether oxygens (including phenoxy) is 1. The molecule has 1 heterocycles. The van der Waals surface area contributed by atoms with Crippen LogP contribution in [0.3, 0.4) is 0 Å². The van der Waals surface area contributed by atoms with Crippen LogP contribution in [0.25, 0.3) is 0 Å². The number of nitrogens with zero attached hydrogens (tertiary/aromatic N) is 1. The summed E-state index contributed by atoms with van der Waals surface area (Å²) in [5, 5.41) is 3.04. The van der Waals surface area contributed by atoms with Crippen molar-refractivity contribution in [2.24, 2.45) is 0 Å². The Morgan fingerprint density at radius 3 is 2.44 bits per heavy atom. The van der Waals surface area contributed by atoms with Crippen LogP contribution in [0.4, 0.5) is 11.5 Å². The van der Waals surface area contributed by atoms with E-state index in [2.05, 4.69) is 15.0 Å². The molecule has 0 aliphatic carbocycles. The fraction of sp³-hybridized carbons (Fsp3) is 0.136. The van der Waals surface area contributed by atoms with E-state index in [1.807, 2.05) is 0 Å². The number of sulfonamides is 1. The van der Waals surface area contributed by atoms with E-state index in [4.69, 9.17) is 16.3 Å². The van der Waals surface area contributed by atoms with Gasteiger partial charge in [-0.2, -0.15) is 0 Å². The monoisotopic (exact) mass is 473 g/mol. The van der Waals surface area contributed by atoms with Gasteiger partial charge in [0.05, 0.1) is 17.6 Å². The number of benzene rings is 2. The van der Waals surface area contributed by atoms with Gasteiger partial charge in [0.2, 0.25) is 5.91 Å². The SMILES string of the molecule is COc1ccc(Cl)cc1C(=O)CCC(=O)Nc1ccc(S(=O)(=O)Nc2ccccn2)cc1. The molecule has 2 N–H and O–H groups in total. The van der Waals surface area contributed by atoms with Crippen LogP contribution >= 0.6 is 11.6 Å². The Morgan fingerprint density at radius 2 is 1.78 bits per heavy atom. The second-order valence-corrected chi connectivity index (χ2v) is 8.78. The van der Waals surface area contributed by atoms with Crippen LogP contribution in [-0.2, 0) is 14.8 Å². The van der Waals surface area contributed by atoms with Crippen molar-refractivity contribution in [3.8, 4) is 5.75 Å². The molecular formula is C22H20ClN3O5S. The number of halogens is 1. The highest BCUT2D eigenvalue weighted by atomic mass is 35.5. The van der Waals surface area contributed by atoms with Gasteiger partial charge in [-0.1, -0.05) is 17.7 Å². The summed E-state index contributed by atoms with van der Waals surface area (Å²) in [5.74, 6) is -0.0788. The first-order chi connectivity index (χ1) is 15.3. The molecule has 0 spiro atoms. The molecule has 0 fully saturated rings. The molecule has 0 unspecified atom stereocenters. The number of hydrogen-bond donors (Lipinski definition) is 2. The van der Waals surface area contributed by atoms with Crippen LogP contribution in [-0.4, -0.2) is 32.2 Å². The van der Waals surface area contributed by atoms with Gasteiger partial charge in [-0.15, -0.1) is 0 Å². The van der Waals surface area contributed by atoms with Crippen molar-refractivity contribution >= 4 is 44.8 Å². The molecule has 2 aromatic carbocycles. The summed E-state index contributed by atoms with van der Waals surface area (Å²) in [6.45, 7) is 0. The molecule has 8 nitrogen and oxygen atoms in total.